The van der Waals surface area contributed by atoms with Crippen LogP contribution < -0.4 is 10.5 Å². The topological polar surface area (TPSA) is 137 Å². The first kappa shape index (κ1) is 24.2. The molecule has 2 aromatic carbocycles. The molecule has 0 saturated carbocycles. The first-order valence-electron chi connectivity index (χ1n) is 11.2. The van der Waals surface area contributed by atoms with Crippen LogP contribution in [0.4, 0.5) is 0 Å². The van der Waals surface area contributed by atoms with Crippen molar-refractivity contribution in [2.75, 3.05) is 26.2 Å². The number of carbonyl (C=O) groups is 3. The summed E-state index contributed by atoms with van der Waals surface area (Å²) in [5.74, 6) is -1.73. The van der Waals surface area contributed by atoms with Crippen molar-refractivity contribution in [3.05, 3.63) is 65.0 Å². The lowest BCUT2D eigenvalue weighted by Gasteiger charge is -2.38. The highest BCUT2D eigenvalue weighted by molar-refractivity contribution is 7.17. The average molecular weight is 495 g/mol. The average Bonchev–Trinajstić information content (AvgIpc) is 3.27. The second kappa shape index (κ2) is 10.6. The van der Waals surface area contributed by atoms with Gasteiger partial charge in [-0.15, -0.1) is 11.3 Å². The first-order valence-corrected chi connectivity index (χ1v) is 12.1. The summed E-state index contributed by atoms with van der Waals surface area (Å²) in [6.45, 7) is 1.30. The molecule has 1 aliphatic rings. The minimum atomic E-state index is -1.03. The Morgan fingerprint density at radius 1 is 1.11 bits per heavy atom. The first-order chi connectivity index (χ1) is 16.8. The molecule has 1 atom stereocenters. The summed E-state index contributed by atoms with van der Waals surface area (Å²) in [7, 11) is 0. The molecule has 2 amide bonds. The van der Waals surface area contributed by atoms with Gasteiger partial charge in [0, 0.05) is 29.9 Å². The van der Waals surface area contributed by atoms with Gasteiger partial charge in [-0.1, -0.05) is 18.2 Å². The van der Waals surface area contributed by atoms with Crippen LogP contribution in [0.3, 0.4) is 0 Å². The van der Waals surface area contributed by atoms with Gasteiger partial charge >= 0.3 is 17.8 Å². The molecule has 0 aliphatic carbocycles. The minimum Gasteiger partial charge on any atom is -0.494 e. The molecule has 2 heterocycles. The van der Waals surface area contributed by atoms with Gasteiger partial charge < -0.3 is 25.4 Å². The second-order valence-electron chi connectivity index (χ2n) is 8.23. The molecule has 4 N–H and O–H groups in total. The molecule has 4 rings (SSSR count). The normalized spacial score (nSPS) is 14.9. The van der Waals surface area contributed by atoms with Gasteiger partial charge in [-0.3, -0.25) is 19.8 Å². The molecule has 9 nitrogen and oxygen atoms in total. The van der Waals surface area contributed by atoms with Gasteiger partial charge in [0.15, 0.2) is 0 Å². The summed E-state index contributed by atoms with van der Waals surface area (Å²) in [4.78, 5) is 40.4. The number of carboxylic acids is 1. The number of nitrogen functional groups attached to an aromatic ring is 1. The van der Waals surface area contributed by atoms with Crippen LogP contribution in [0.25, 0.3) is 10.1 Å². The molecule has 0 spiro atoms. The Labute approximate surface area is 206 Å². The molecule has 0 radical (unpaired) electrons. The zero-order valence-electron chi connectivity index (χ0n) is 19.0. The quantitative estimate of drug-likeness (QED) is 0.172. The van der Waals surface area contributed by atoms with Crippen molar-refractivity contribution in [1.29, 1.82) is 5.41 Å². The van der Waals surface area contributed by atoms with Crippen LogP contribution in [-0.4, -0.2) is 64.8 Å². The van der Waals surface area contributed by atoms with Crippen molar-refractivity contribution >= 4 is 45.0 Å². The molecule has 35 heavy (non-hydrogen) atoms. The third kappa shape index (κ3) is 5.43. The number of benzene rings is 2. The Morgan fingerprint density at radius 2 is 1.86 bits per heavy atom. The predicted molar refractivity (Wildman–Crippen MR) is 133 cm³/mol. The Morgan fingerprint density at radius 3 is 2.57 bits per heavy atom. The highest BCUT2D eigenvalue weighted by Gasteiger charge is 2.38. The van der Waals surface area contributed by atoms with Crippen LogP contribution >= 0.6 is 11.3 Å². The van der Waals surface area contributed by atoms with Crippen LogP contribution in [0, 0.1) is 5.41 Å². The number of carbonyl (C=O) groups excluding carboxylic acids is 2. The molecule has 1 fully saturated rings. The number of thiophene rings is 1. The summed E-state index contributed by atoms with van der Waals surface area (Å²) in [6.07, 6.45) is 0.261. The summed E-state index contributed by atoms with van der Waals surface area (Å²) >= 11 is 1.49. The van der Waals surface area contributed by atoms with E-state index in [9.17, 15) is 19.5 Å². The number of nitrogens with one attached hydrogen (secondary N) is 1. The third-order valence-corrected chi connectivity index (χ3v) is 6.94. The Bertz CT molecular complexity index is 1260. The number of nitrogens with two attached hydrogens (primary N) is 1. The Balaban J connectivity index is 1.37. The number of nitrogens with zero attached hydrogens (tertiary/aromatic N) is 2. The van der Waals surface area contributed by atoms with Crippen molar-refractivity contribution in [2.45, 2.75) is 18.9 Å². The van der Waals surface area contributed by atoms with Gasteiger partial charge in [0.2, 0.25) is 0 Å². The second-order valence-corrected chi connectivity index (χ2v) is 9.14. The molecular formula is C25H26N4O5S. The predicted octanol–water partition coefficient (Wildman–Crippen LogP) is 2.84. The van der Waals surface area contributed by atoms with Gasteiger partial charge in [0.05, 0.1) is 19.1 Å². The summed E-state index contributed by atoms with van der Waals surface area (Å²) < 4.78 is 6.68. The molecular weight excluding hydrogens is 468 g/mol. The largest absolute Gasteiger partial charge is 0.494 e. The van der Waals surface area contributed by atoms with Crippen molar-refractivity contribution in [3.63, 3.8) is 0 Å². The van der Waals surface area contributed by atoms with Gasteiger partial charge in [0.1, 0.15) is 11.6 Å². The highest BCUT2D eigenvalue weighted by atomic mass is 32.1. The smallest absolute Gasteiger partial charge is 0.312 e. The molecule has 1 aromatic heterocycles. The zero-order chi connectivity index (χ0) is 24.9. The summed E-state index contributed by atoms with van der Waals surface area (Å²) in [6, 6.07) is 13.8. The van der Waals surface area contributed by atoms with E-state index >= 15 is 0 Å². The molecule has 1 saturated heterocycles. The van der Waals surface area contributed by atoms with E-state index in [0.29, 0.717) is 37.4 Å². The summed E-state index contributed by atoms with van der Waals surface area (Å²) in [5, 5.41) is 19.7. The lowest BCUT2D eigenvalue weighted by molar-refractivity contribution is -0.159. The maximum absolute atomic E-state index is 13.0. The van der Waals surface area contributed by atoms with Crippen LogP contribution in [0.1, 0.15) is 30.0 Å². The van der Waals surface area contributed by atoms with Crippen LogP contribution in [0.2, 0.25) is 0 Å². The Kier molecular flexibility index (Phi) is 7.31. The lowest BCUT2D eigenvalue weighted by atomic mass is 10.00. The van der Waals surface area contributed by atoms with E-state index < -0.39 is 23.8 Å². The number of rotatable bonds is 10. The number of amides is 2. The zero-order valence-corrected chi connectivity index (χ0v) is 19.8. The lowest BCUT2D eigenvalue weighted by Crippen LogP contribution is -2.55. The van der Waals surface area contributed by atoms with E-state index in [1.165, 1.54) is 21.1 Å². The van der Waals surface area contributed by atoms with Crippen molar-refractivity contribution < 1.29 is 24.2 Å². The number of ether oxygens (including phenoxy) is 1. The van der Waals surface area contributed by atoms with Crippen molar-refractivity contribution in [1.82, 2.24) is 9.80 Å². The van der Waals surface area contributed by atoms with Crippen LogP contribution in [0.5, 0.6) is 5.75 Å². The number of piperazine rings is 1. The number of aliphatic carboxylic acids is 1. The van der Waals surface area contributed by atoms with Gasteiger partial charge in [0.25, 0.3) is 0 Å². The number of carboxylic acid groups (broad SMARTS) is 1. The number of hydrogen-bond acceptors (Lipinski definition) is 6. The monoisotopic (exact) mass is 494 g/mol. The summed E-state index contributed by atoms with van der Waals surface area (Å²) in [5.41, 5.74) is 6.81. The van der Waals surface area contributed by atoms with Gasteiger partial charge in [-0.05, 0) is 53.1 Å². The van der Waals surface area contributed by atoms with Gasteiger partial charge in [-0.2, -0.15) is 0 Å². The van der Waals surface area contributed by atoms with E-state index in [4.69, 9.17) is 15.9 Å². The fourth-order valence-corrected chi connectivity index (χ4v) is 5.19. The molecule has 10 heteroatoms. The van der Waals surface area contributed by atoms with Crippen molar-refractivity contribution in [3.8, 4) is 5.75 Å². The van der Waals surface area contributed by atoms with E-state index in [2.05, 4.69) is 0 Å². The van der Waals surface area contributed by atoms with E-state index in [-0.39, 0.29) is 18.8 Å². The minimum absolute atomic E-state index is 0.0170. The maximum Gasteiger partial charge on any atom is 0.312 e. The molecule has 1 unspecified atom stereocenters. The van der Waals surface area contributed by atoms with E-state index in [0.717, 1.165) is 15.6 Å². The van der Waals surface area contributed by atoms with Crippen LogP contribution in [0.15, 0.2) is 53.9 Å². The van der Waals surface area contributed by atoms with Crippen LogP contribution in [-0.2, 0) is 14.4 Å². The molecule has 1 aliphatic heterocycles. The molecule has 0 bridgehead atoms. The maximum atomic E-state index is 13.0. The fraction of sp³-hybridized carbons (Fsp3) is 0.280. The standard InChI is InChI=1S/C25H26N4O5S/c26-23(27)16-6-8-17(9-7-16)34-13-3-10-28-11-12-29(25(33)24(28)32)20(14-22(30)31)19-15-35-21-5-2-1-4-18(19)21/h1-2,4-9,15,20H,3,10-14H2,(H3,26,27)(H,30,31). The number of amidine groups is 1. The van der Waals surface area contributed by atoms with E-state index in [1.54, 1.807) is 24.3 Å². The Hall–Kier alpha value is -3.92. The third-order valence-electron chi connectivity index (χ3n) is 5.96. The van der Waals surface area contributed by atoms with Crippen molar-refractivity contribution in [2.24, 2.45) is 5.73 Å². The fourth-order valence-electron chi connectivity index (χ4n) is 4.19. The number of hydrogen-bond donors (Lipinski definition) is 3. The van der Waals surface area contributed by atoms with Gasteiger partial charge in [-0.25, -0.2) is 0 Å². The number of fused-ring (bicyclic) bond motifs is 1. The highest BCUT2D eigenvalue weighted by Crippen LogP contribution is 2.36. The molecule has 182 valence electrons. The van der Waals surface area contributed by atoms with E-state index in [1.807, 2.05) is 29.6 Å². The SMILES string of the molecule is N=C(N)c1ccc(OCCCN2CCN(C(CC(=O)O)c3csc4ccccc34)C(=O)C2=O)cc1. The molecule has 3 aromatic rings.